The molecule has 10 heteroatoms. The van der Waals surface area contributed by atoms with Crippen molar-refractivity contribution in [3.8, 4) is 11.4 Å². The predicted molar refractivity (Wildman–Crippen MR) is 99.4 cm³/mol. The third kappa shape index (κ3) is 3.76. The van der Waals surface area contributed by atoms with E-state index in [2.05, 4.69) is 4.98 Å². The summed E-state index contributed by atoms with van der Waals surface area (Å²) >= 11 is 5.83. The molecular weight excluding hydrogens is 412 g/mol. The van der Waals surface area contributed by atoms with E-state index in [1.54, 1.807) is 6.92 Å². The van der Waals surface area contributed by atoms with Gasteiger partial charge < -0.3 is 4.57 Å². The zero-order chi connectivity index (χ0) is 20.6. The molecule has 0 bridgehead atoms. The molecule has 1 heterocycles. The molecule has 2 aromatic carbocycles. The Morgan fingerprint density at radius 2 is 1.82 bits per heavy atom. The number of benzene rings is 2. The lowest BCUT2D eigenvalue weighted by molar-refractivity contribution is 0.0977. The molecule has 0 unspecified atom stereocenters. The van der Waals surface area contributed by atoms with Crippen molar-refractivity contribution in [1.82, 2.24) is 14.3 Å². The SMILES string of the molecule is Cc1ccc(Cl)cc1S(=O)(=O)NC(=O)c1cn(C)c(-c2c(F)cccc2F)n1. The maximum Gasteiger partial charge on any atom is 0.285 e. The summed E-state index contributed by atoms with van der Waals surface area (Å²) in [6.07, 6.45) is 1.18. The van der Waals surface area contributed by atoms with Crippen LogP contribution < -0.4 is 4.72 Å². The Morgan fingerprint density at radius 3 is 2.46 bits per heavy atom. The number of carbonyl (C=O) groups excluding carboxylic acids is 1. The number of carbonyl (C=O) groups is 1. The van der Waals surface area contributed by atoms with E-state index < -0.39 is 33.1 Å². The second kappa shape index (κ2) is 7.33. The van der Waals surface area contributed by atoms with Crippen LogP contribution in [0.25, 0.3) is 11.4 Å². The van der Waals surface area contributed by atoms with Crippen molar-refractivity contribution in [2.24, 2.45) is 7.05 Å². The molecule has 1 N–H and O–H groups in total. The first-order valence-corrected chi connectivity index (χ1v) is 9.77. The van der Waals surface area contributed by atoms with Crippen molar-refractivity contribution in [3.63, 3.8) is 0 Å². The van der Waals surface area contributed by atoms with Crippen LogP contribution in [-0.2, 0) is 17.1 Å². The number of imidazole rings is 1. The Kier molecular flexibility index (Phi) is 5.22. The van der Waals surface area contributed by atoms with Crippen LogP contribution in [0.5, 0.6) is 0 Å². The van der Waals surface area contributed by atoms with Gasteiger partial charge in [0.25, 0.3) is 15.9 Å². The van der Waals surface area contributed by atoms with E-state index in [4.69, 9.17) is 11.6 Å². The summed E-state index contributed by atoms with van der Waals surface area (Å²) < 4.78 is 56.1. The van der Waals surface area contributed by atoms with Gasteiger partial charge in [-0.05, 0) is 36.8 Å². The summed E-state index contributed by atoms with van der Waals surface area (Å²) in [5.74, 6) is -2.92. The van der Waals surface area contributed by atoms with Crippen molar-refractivity contribution in [1.29, 1.82) is 0 Å². The zero-order valence-corrected chi connectivity index (χ0v) is 16.3. The first-order valence-electron chi connectivity index (χ1n) is 7.91. The summed E-state index contributed by atoms with van der Waals surface area (Å²) in [6.45, 7) is 1.55. The topological polar surface area (TPSA) is 81.1 Å². The number of sulfonamides is 1. The predicted octanol–water partition coefficient (Wildman–Crippen LogP) is 3.45. The third-order valence-electron chi connectivity index (χ3n) is 3.96. The molecule has 3 aromatic rings. The summed E-state index contributed by atoms with van der Waals surface area (Å²) in [4.78, 5) is 16.1. The quantitative estimate of drug-likeness (QED) is 0.694. The van der Waals surface area contributed by atoms with Crippen molar-refractivity contribution in [2.75, 3.05) is 0 Å². The fraction of sp³-hybridized carbons (Fsp3) is 0.111. The van der Waals surface area contributed by atoms with Crippen molar-refractivity contribution in [3.05, 3.63) is 70.5 Å². The molecule has 0 fully saturated rings. The lowest BCUT2D eigenvalue weighted by Gasteiger charge is -2.08. The fourth-order valence-corrected chi connectivity index (χ4v) is 4.08. The number of hydrogen-bond acceptors (Lipinski definition) is 4. The zero-order valence-electron chi connectivity index (χ0n) is 14.7. The largest absolute Gasteiger partial charge is 0.333 e. The highest BCUT2D eigenvalue weighted by Gasteiger charge is 2.24. The highest BCUT2D eigenvalue weighted by atomic mass is 35.5. The lowest BCUT2D eigenvalue weighted by Crippen LogP contribution is -2.31. The molecule has 0 spiro atoms. The average Bonchev–Trinajstić information content (AvgIpc) is 2.98. The second-order valence-electron chi connectivity index (χ2n) is 6.00. The highest BCUT2D eigenvalue weighted by molar-refractivity contribution is 7.90. The van der Waals surface area contributed by atoms with E-state index in [9.17, 15) is 22.0 Å². The molecule has 0 radical (unpaired) electrons. The molecule has 6 nitrogen and oxygen atoms in total. The van der Waals surface area contributed by atoms with Crippen LogP contribution in [0.2, 0.25) is 5.02 Å². The maximum atomic E-state index is 14.0. The minimum atomic E-state index is -4.23. The lowest BCUT2D eigenvalue weighted by atomic mass is 10.2. The molecule has 146 valence electrons. The Labute approximate surface area is 164 Å². The van der Waals surface area contributed by atoms with Crippen LogP contribution in [0.1, 0.15) is 16.1 Å². The number of nitrogens with zero attached hydrogens (tertiary/aromatic N) is 2. The number of hydrogen-bond donors (Lipinski definition) is 1. The van der Waals surface area contributed by atoms with Gasteiger partial charge in [0, 0.05) is 18.3 Å². The third-order valence-corrected chi connectivity index (χ3v) is 5.67. The molecule has 0 aliphatic heterocycles. The van der Waals surface area contributed by atoms with E-state index in [1.165, 1.54) is 42.1 Å². The Balaban J connectivity index is 1.95. The number of amides is 1. The number of halogens is 3. The number of rotatable bonds is 4. The van der Waals surface area contributed by atoms with Gasteiger partial charge in [-0.2, -0.15) is 0 Å². The second-order valence-corrected chi connectivity index (χ2v) is 8.09. The van der Waals surface area contributed by atoms with Crippen molar-refractivity contribution >= 4 is 27.5 Å². The molecule has 0 aliphatic carbocycles. The number of nitrogens with one attached hydrogen (secondary N) is 1. The highest BCUT2D eigenvalue weighted by Crippen LogP contribution is 2.25. The molecule has 0 saturated heterocycles. The summed E-state index contributed by atoms with van der Waals surface area (Å²) in [6, 6.07) is 7.54. The van der Waals surface area contributed by atoms with Gasteiger partial charge in [-0.3, -0.25) is 4.79 Å². The van der Waals surface area contributed by atoms with E-state index in [0.717, 1.165) is 12.1 Å². The summed E-state index contributed by atoms with van der Waals surface area (Å²) in [5, 5.41) is 0.188. The number of aromatic nitrogens is 2. The minimum Gasteiger partial charge on any atom is -0.333 e. The summed E-state index contributed by atoms with van der Waals surface area (Å²) in [5.41, 5.74) is -0.346. The normalized spacial score (nSPS) is 11.5. The summed E-state index contributed by atoms with van der Waals surface area (Å²) in [7, 11) is -2.80. The fourth-order valence-electron chi connectivity index (χ4n) is 2.61. The van der Waals surface area contributed by atoms with Crippen molar-refractivity contribution in [2.45, 2.75) is 11.8 Å². The van der Waals surface area contributed by atoms with Gasteiger partial charge in [0.1, 0.15) is 23.2 Å². The van der Waals surface area contributed by atoms with Crippen LogP contribution in [0, 0.1) is 18.6 Å². The van der Waals surface area contributed by atoms with Crippen LogP contribution >= 0.6 is 11.6 Å². The molecule has 28 heavy (non-hydrogen) atoms. The van der Waals surface area contributed by atoms with Crippen LogP contribution in [-0.4, -0.2) is 23.9 Å². The molecule has 0 aliphatic rings. The van der Waals surface area contributed by atoms with Gasteiger partial charge in [0.05, 0.1) is 10.5 Å². The van der Waals surface area contributed by atoms with Crippen LogP contribution in [0.4, 0.5) is 8.78 Å². The first kappa shape index (κ1) is 20.0. The molecule has 1 aromatic heterocycles. The maximum absolute atomic E-state index is 14.0. The Morgan fingerprint density at radius 1 is 1.18 bits per heavy atom. The Bertz CT molecular complexity index is 1170. The minimum absolute atomic E-state index is 0.155. The molecule has 0 saturated carbocycles. The molecule has 0 atom stereocenters. The van der Waals surface area contributed by atoms with Gasteiger partial charge >= 0.3 is 0 Å². The van der Waals surface area contributed by atoms with Gasteiger partial charge in [0.15, 0.2) is 0 Å². The van der Waals surface area contributed by atoms with Gasteiger partial charge in [0.2, 0.25) is 0 Å². The first-order chi connectivity index (χ1) is 13.1. The van der Waals surface area contributed by atoms with Gasteiger partial charge in [-0.25, -0.2) is 26.9 Å². The van der Waals surface area contributed by atoms with E-state index in [-0.39, 0.29) is 21.4 Å². The van der Waals surface area contributed by atoms with Gasteiger partial charge in [-0.1, -0.05) is 23.7 Å². The molecule has 3 rings (SSSR count). The average molecular weight is 426 g/mol. The standard InChI is InChI=1S/C18H14ClF2N3O3S/c1-10-6-7-11(19)8-15(10)28(26,27)23-18(25)14-9-24(2)17(22-14)16-12(20)4-3-5-13(16)21/h3-9H,1-2H3,(H,23,25). The van der Waals surface area contributed by atoms with E-state index in [0.29, 0.717) is 5.56 Å². The molecule has 1 amide bonds. The van der Waals surface area contributed by atoms with E-state index >= 15 is 0 Å². The molecular formula is C18H14ClF2N3O3S. The van der Waals surface area contributed by atoms with Crippen LogP contribution in [0.15, 0.2) is 47.5 Å². The Hall–Kier alpha value is -2.78. The van der Waals surface area contributed by atoms with Crippen LogP contribution in [0.3, 0.4) is 0 Å². The number of aryl methyl sites for hydroxylation is 2. The van der Waals surface area contributed by atoms with E-state index in [1.807, 2.05) is 4.72 Å². The smallest absolute Gasteiger partial charge is 0.285 e. The van der Waals surface area contributed by atoms with Gasteiger partial charge in [-0.15, -0.1) is 0 Å². The van der Waals surface area contributed by atoms with Crippen molar-refractivity contribution < 1.29 is 22.0 Å². The monoisotopic (exact) mass is 425 g/mol.